The number of aryl methyl sites for hydroxylation is 2. The topological polar surface area (TPSA) is 28.7 Å². The minimum absolute atomic E-state index is 0.543. The fourth-order valence-corrected chi connectivity index (χ4v) is 1.23. The van der Waals surface area contributed by atoms with E-state index in [4.69, 9.17) is 12.2 Å². The number of rotatable bonds is 1. The molecule has 0 atom stereocenters. The molecule has 1 N–H and O–H groups in total. The Morgan fingerprint density at radius 3 is 2.40 bits per heavy atom. The molecule has 1 aromatic rings. The first kappa shape index (κ1) is 7.75. The summed E-state index contributed by atoms with van der Waals surface area (Å²) in [6.45, 7) is 3.82. The largest absolute Gasteiger partial charge is 0.346 e. The predicted octanol–water partition coefficient (Wildman–Crippen LogP) is 1.63. The fourth-order valence-electron chi connectivity index (χ4n) is 0.818. The first-order valence-electron chi connectivity index (χ1n) is 2.87. The molecule has 0 unspecified atom stereocenters. The number of aromatic amines is 1. The van der Waals surface area contributed by atoms with E-state index in [0.29, 0.717) is 4.20 Å². The zero-order valence-corrected chi connectivity index (χ0v) is 7.51. The molecule has 0 bridgehead atoms. The van der Waals surface area contributed by atoms with Crippen LogP contribution in [0.3, 0.4) is 0 Å². The summed E-state index contributed by atoms with van der Waals surface area (Å²) in [5.41, 5.74) is 1.77. The lowest BCUT2D eigenvalue weighted by Gasteiger charge is -1.88. The van der Waals surface area contributed by atoms with E-state index in [1.54, 1.807) is 0 Å². The van der Waals surface area contributed by atoms with Crippen molar-refractivity contribution < 1.29 is 0 Å². The molecule has 0 saturated carbocycles. The van der Waals surface area contributed by atoms with Crippen molar-refractivity contribution in [3.05, 3.63) is 17.2 Å². The molecule has 0 amide bonds. The smallest absolute Gasteiger partial charge is 0.108 e. The van der Waals surface area contributed by atoms with Gasteiger partial charge in [-0.25, -0.2) is 4.98 Å². The molecular formula is C6H8N2S2. The molecule has 4 heteroatoms. The molecule has 0 aromatic carbocycles. The second-order valence-electron chi connectivity index (χ2n) is 2.10. The normalized spacial score (nSPS) is 9.90. The van der Waals surface area contributed by atoms with E-state index >= 15 is 0 Å². The molecule has 0 radical (unpaired) electrons. The monoisotopic (exact) mass is 172 g/mol. The van der Waals surface area contributed by atoms with Gasteiger partial charge in [-0.05, 0) is 13.8 Å². The zero-order chi connectivity index (χ0) is 7.72. The SMILES string of the molecule is Cc1nc(C(=S)S)c(C)[nH]1. The summed E-state index contributed by atoms with van der Waals surface area (Å²) in [4.78, 5) is 7.18. The van der Waals surface area contributed by atoms with E-state index in [2.05, 4.69) is 22.6 Å². The number of imidazole rings is 1. The highest BCUT2D eigenvalue weighted by molar-refractivity contribution is 8.11. The van der Waals surface area contributed by atoms with Crippen LogP contribution in [0.5, 0.6) is 0 Å². The van der Waals surface area contributed by atoms with Crippen molar-refractivity contribution in [2.75, 3.05) is 0 Å². The molecule has 1 heterocycles. The lowest BCUT2D eigenvalue weighted by molar-refractivity contribution is 1.13. The summed E-state index contributed by atoms with van der Waals surface area (Å²) in [6.07, 6.45) is 0. The van der Waals surface area contributed by atoms with Crippen LogP contribution in [0.25, 0.3) is 0 Å². The summed E-state index contributed by atoms with van der Waals surface area (Å²) in [6, 6.07) is 0. The highest BCUT2D eigenvalue weighted by atomic mass is 32.1. The lowest BCUT2D eigenvalue weighted by Crippen LogP contribution is -1.89. The van der Waals surface area contributed by atoms with Crippen LogP contribution in [0.2, 0.25) is 0 Å². The molecule has 1 aromatic heterocycles. The number of hydrogen-bond acceptors (Lipinski definition) is 2. The van der Waals surface area contributed by atoms with Crippen molar-refractivity contribution in [1.29, 1.82) is 0 Å². The predicted molar refractivity (Wildman–Crippen MR) is 48.7 cm³/mol. The second kappa shape index (κ2) is 2.72. The molecule has 1 rings (SSSR count). The maximum absolute atomic E-state index is 4.84. The van der Waals surface area contributed by atoms with Gasteiger partial charge in [0.1, 0.15) is 11.5 Å². The van der Waals surface area contributed by atoms with Crippen LogP contribution < -0.4 is 0 Å². The van der Waals surface area contributed by atoms with Crippen LogP contribution in [0.15, 0.2) is 0 Å². The molecule has 0 aliphatic rings. The van der Waals surface area contributed by atoms with E-state index in [1.807, 2.05) is 13.8 Å². The van der Waals surface area contributed by atoms with Crippen molar-refractivity contribution >= 4 is 29.0 Å². The molecule has 0 saturated heterocycles. The molecule has 54 valence electrons. The number of thiocarbonyl (C=S) groups is 1. The third kappa shape index (κ3) is 1.38. The van der Waals surface area contributed by atoms with Gasteiger partial charge in [-0.15, -0.1) is 12.6 Å². The Morgan fingerprint density at radius 1 is 1.60 bits per heavy atom. The van der Waals surface area contributed by atoms with E-state index in [0.717, 1.165) is 17.2 Å². The van der Waals surface area contributed by atoms with Gasteiger partial charge in [-0.2, -0.15) is 0 Å². The van der Waals surface area contributed by atoms with Gasteiger partial charge in [0.05, 0.1) is 4.20 Å². The van der Waals surface area contributed by atoms with Crippen LogP contribution in [0, 0.1) is 13.8 Å². The Morgan fingerprint density at radius 2 is 2.20 bits per heavy atom. The first-order valence-corrected chi connectivity index (χ1v) is 3.73. The van der Waals surface area contributed by atoms with Crippen LogP contribution in [-0.4, -0.2) is 14.2 Å². The fraction of sp³-hybridized carbons (Fsp3) is 0.333. The van der Waals surface area contributed by atoms with Crippen molar-refractivity contribution in [2.45, 2.75) is 13.8 Å². The van der Waals surface area contributed by atoms with Gasteiger partial charge in [0, 0.05) is 5.69 Å². The summed E-state index contributed by atoms with van der Waals surface area (Å²) in [5, 5.41) is 0. The van der Waals surface area contributed by atoms with Gasteiger partial charge in [0.2, 0.25) is 0 Å². The summed E-state index contributed by atoms with van der Waals surface area (Å²) < 4.78 is 0.543. The minimum atomic E-state index is 0.543. The molecule has 0 aliphatic heterocycles. The van der Waals surface area contributed by atoms with Gasteiger partial charge in [-0.3, -0.25) is 0 Å². The Labute approximate surface area is 70.5 Å². The quantitative estimate of drug-likeness (QED) is 0.498. The number of aromatic nitrogens is 2. The number of H-pyrrole nitrogens is 1. The van der Waals surface area contributed by atoms with Crippen molar-refractivity contribution in [1.82, 2.24) is 9.97 Å². The highest BCUT2D eigenvalue weighted by Gasteiger charge is 2.04. The summed E-state index contributed by atoms with van der Waals surface area (Å²) >= 11 is 8.86. The van der Waals surface area contributed by atoms with E-state index in [-0.39, 0.29) is 0 Å². The molecule has 10 heavy (non-hydrogen) atoms. The zero-order valence-electron chi connectivity index (χ0n) is 5.80. The first-order chi connectivity index (χ1) is 4.61. The van der Waals surface area contributed by atoms with E-state index < -0.39 is 0 Å². The van der Waals surface area contributed by atoms with Crippen molar-refractivity contribution in [3.8, 4) is 0 Å². The van der Waals surface area contributed by atoms with Crippen LogP contribution >= 0.6 is 24.8 Å². The third-order valence-corrected chi connectivity index (χ3v) is 1.61. The Balaban J connectivity index is 3.15. The molecule has 0 fully saturated rings. The molecule has 2 nitrogen and oxygen atoms in total. The van der Waals surface area contributed by atoms with E-state index in [9.17, 15) is 0 Å². The number of nitrogens with zero attached hydrogens (tertiary/aromatic N) is 1. The number of thiol groups is 1. The van der Waals surface area contributed by atoms with Crippen LogP contribution in [0.4, 0.5) is 0 Å². The lowest BCUT2D eigenvalue weighted by atomic mass is 10.4. The van der Waals surface area contributed by atoms with Gasteiger partial charge < -0.3 is 4.98 Å². The molecular weight excluding hydrogens is 164 g/mol. The van der Waals surface area contributed by atoms with E-state index in [1.165, 1.54) is 0 Å². The highest BCUT2D eigenvalue weighted by Crippen LogP contribution is 2.07. The molecule has 0 aliphatic carbocycles. The summed E-state index contributed by atoms with van der Waals surface area (Å²) in [5.74, 6) is 0.879. The molecule has 0 spiro atoms. The summed E-state index contributed by atoms with van der Waals surface area (Å²) in [7, 11) is 0. The van der Waals surface area contributed by atoms with Gasteiger partial charge >= 0.3 is 0 Å². The van der Waals surface area contributed by atoms with Crippen LogP contribution in [-0.2, 0) is 0 Å². The standard InChI is InChI=1S/C6H8N2S2/c1-3-5(6(9)10)8-4(2)7-3/h1-2H3,(H,7,8)(H,9,10). The number of nitrogens with one attached hydrogen (secondary N) is 1. The maximum Gasteiger partial charge on any atom is 0.108 e. The Kier molecular flexibility index (Phi) is 2.11. The second-order valence-corrected chi connectivity index (χ2v) is 3.26. The third-order valence-electron chi connectivity index (χ3n) is 1.21. The van der Waals surface area contributed by atoms with Crippen LogP contribution in [0.1, 0.15) is 17.2 Å². The van der Waals surface area contributed by atoms with Gasteiger partial charge in [-0.1, -0.05) is 12.2 Å². The van der Waals surface area contributed by atoms with Gasteiger partial charge in [0.15, 0.2) is 0 Å². The average Bonchev–Trinajstić information content (AvgIpc) is 2.10. The number of hydrogen-bond donors (Lipinski definition) is 2. The van der Waals surface area contributed by atoms with Gasteiger partial charge in [0.25, 0.3) is 0 Å². The maximum atomic E-state index is 4.84. The van der Waals surface area contributed by atoms with Crippen molar-refractivity contribution in [3.63, 3.8) is 0 Å². The van der Waals surface area contributed by atoms with Crippen molar-refractivity contribution in [2.24, 2.45) is 0 Å². The average molecular weight is 172 g/mol. The Hall–Kier alpha value is -0.350. The minimum Gasteiger partial charge on any atom is -0.346 e. The Bertz CT molecular complexity index is 265.